The number of carbonyl (C=O) groups excluding carboxylic acids is 1. The lowest BCUT2D eigenvalue weighted by molar-refractivity contribution is 0.0950. The summed E-state index contributed by atoms with van der Waals surface area (Å²) in [4.78, 5) is 23.5. The lowest BCUT2D eigenvalue weighted by Gasteiger charge is -2.07. The molecule has 1 aromatic heterocycles. The second-order valence-corrected chi connectivity index (χ2v) is 4.71. The minimum atomic E-state index is -0.173. The van der Waals surface area contributed by atoms with Gasteiger partial charge in [0.05, 0.1) is 5.56 Å². The molecule has 0 unspecified atom stereocenters. The Morgan fingerprint density at radius 1 is 1.15 bits per heavy atom. The molecule has 2 rings (SSSR count). The average molecular weight is 270 g/mol. The van der Waals surface area contributed by atoms with Crippen LogP contribution < -0.4 is 10.9 Å². The van der Waals surface area contributed by atoms with Crippen molar-refractivity contribution < 1.29 is 4.79 Å². The summed E-state index contributed by atoms with van der Waals surface area (Å²) in [7, 11) is 0. The molecule has 0 aliphatic heterocycles. The molecule has 0 aliphatic rings. The molecule has 0 spiro atoms. The third-order valence-corrected chi connectivity index (χ3v) is 3.16. The summed E-state index contributed by atoms with van der Waals surface area (Å²) >= 11 is 0. The maximum Gasteiger partial charge on any atom is 0.253 e. The van der Waals surface area contributed by atoms with Gasteiger partial charge >= 0.3 is 0 Å². The molecular formula is C16H18N2O2. The highest BCUT2D eigenvalue weighted by molar-refractivity contribution is 5.93. The maximum atomic E-state index is 12.0. The van der Waals surface area contributed by atoms with E-state index in [1.54, 1.807) is 12.3 Å². The number of hydrogen-bond donors (Lipinski definition) is 1. The monoisotopic (exact) mass is 270 g/mol. The van der Waals surface area contributed by atoms with Crippen molar-refractivity contribution in [3.8, 4) is 0 Å². The lowest BCUT2D eigenvalue weighted by atomic mass is 10.1. The summed E-state index contributed by atoms with van der Waals surface area (Å²) in [6, 6.07) is 11.0. The molecule has 1 heterocycles. The fourth-order valence-electron chi connectivity index (χ4n) is 1.90. The van der Waals surface area contributed by atoms with E-state index >= 15 is 0 Å². The molecule has 2 aromatic rings. The first-order chi connectivity index (χ1) is 9.60. The zero-order valence-corrected chi connectivity index (χ0v) is 11.7. The minimum Gasteiger partial charge on any atom is -0.348 e. The molecule has 1 N–H and O–H groups in total. The Labute approximate surface area is 118 Å². The largest absolute Gasteiger partial charge is 0.348 e. The Morgan fingerprint density at radius 2 is 1.85 bits per heavy atom. The number of hydrogen-bond acceptors (Lipinski definition) is 2. The molecule has 20 heavy (non-hydrogen) atoms. The Bertz CT molecular complexity index is 657. The van der Waals surface area contributed by atoms with Gasteiger partial charge in [0.15, 0.2) is 0 Å². The van der Waals surface area contributed by atoms with Gasteiger partial charge in [0, 0.05) is 25.4 Å². The van der Waals surface area contributed by atoms with Crippen molar-refractivity contribution in [1.82, 2.24) is 9.88 Å². The zero-order chi connectivity index (χ0) is 14.5. The maximum absolute atomic E-state index is 12.0. The van der Waals surface area contributed by atoms with Gasteiger partial charge in [-0.1, -0.05) is 29.8 Å². The van der Waals surface area contributed by atoms with Crippen LogP contribution in [0.1, 0.15) is 28.4 Å². The number of pyridine rings is 1. The number of nitrogens with one attached hydrogen (secondary N) is 1. The highest BCUT2D eigenvalue weighted by atomic mass is 16.2. The van der Waals surface area contributed by atoms with Gasteiger partial charge in [-0.15, -0.1) is 0 Å². The lowest BCUT2D eigenvalue weighted by Crippen LogP contribution is -2.26. The minimum absolute atomic E-state index is 0.0948. The molecule has 0 bridgehead atoms. The van der Waals surface area contributed by atoms with Crippen molar-refractivity contribution in [2.24, 2.45) is 0 Å². The number of aryl methyl sites for hydroxylation is 2. The molecule has 4 heteroatoms. The standard InChI is InChI=1S/C16H18N2O2/c1-3-18-11-14(8-9-15(18)19)16(20)17-10-13-6-4-12(2)5-7-13/h4-9,11H,3,10H2,1-2H3,(H,17,20). The second-order valence-electron chi connectivity index (χ2n) is 4.71. The van der Waals surface area contributed by atoms with E-state index < -0.39 is 0 Å². The van der Waals surface area contributed by atoms with E-state index in [-0.39, 0.29) is 11.5 Å². The number of benzene rings is 1. The number of aromatic nitrogens is 1. The topological polar surface area (TPSA) is 51.1 Å². The smallest absolute Gasteiger partial charge is 0.253 e. The molecule has 0 saturated carbocycles. The fourth-order valence-corrected chi connectivity index (χ4v) is 1.90. The van der Waals surface area contributed by atoms with Crippen molar-refractivity contribution in [3.05, 3.63) is 69.6 Å². The van der Waals surface area contributed by atoms with Crippen LogP contribution in [0, 0.1) is 6.92 Å². The van der Waals surface area contributed by atoms with E-state index in [1.807, 2.05) is 38.1 Å². The van der Waals surface area contributed by atoms with Gasteiger partial charge in [-0.2, -0.15) is 0 Å². The first-order valence-electron chi connectivity index (χ1n) is 6.64. The SMILES string of the molecule is CCn1cc(C(=O)NCc2ccc(C)cc2)ccc1=O. The van der Waals surface area contributed by atoms with Crippen molar-refractivity contribution in [2.75, 3.05) is 0 Å². The first-order valence-corrected chi connectivity index (χ1v) is 6.64. The predicted octanol–water partition coefficient (Wildman–Crippen LogP) is 2.11. The van der Waals surface area contributed by atoms with Crippen LogP contribution in [0.25, 0.3) is 0 Å². The Morgan fingerprint density at radius 3 is 2.50 bits per heavy atom. The molecule has 0 fully saturated rings. The van der Waals surface area contributed by atoms with Gasteiger partial charge in [-0.05, 0) is 25.5 Å². The number of carbonyl (C=O) groups is 1. The molecule has 104 valence electrons. The average Bonchev–Trinajstić information content (AvgIpc) is 2.47. The zero-order valence-electron chi connectivity index (χ0n) is 11.7. The van der Waals surface area contributed by atoms with E-state index in [9.17, 15) is 9.59 Å². The summed E-state index contributed by atoms with van der Waals surface area (Å²) in [6.07, 6.45) is 1.59. The highest BCUT2D eigenvalue weighted by Gasteiger charge is 2.06. The summed E-state index contributed by atoms with van der Waals surface area (Å²) in [6.45, 7) is 4.92. The molecule has 0 atom stereocenters. The number of nitrogens with zero attached hydrogens (tertiary/aromatic N) is 1. The van der Waals surface area contributed by atoms with Gasteiger partial charge in [-0.3, -0.25) is 9.59 Å². The van der Waals surface area contributed by atoms with E-state index in [1.165, 1.54) is 16.2 Å². The van der Waals surface area contributed by atoms with Gasteiger partial charge in [0.2, 0.25) is 0 Å². The first kappa shape index (κ1) is 14.1. The van der Waals surface area contributed by atoms with Crippen LogP contribution in [-0.2, 0) is 13.1 Å². The fraction of sp³-hybridized carbons (Fsp3) is 0.250. The molecule has 0 aliphatic carbocycles. The van der Waals surface area contributed by atoms with Crippen molar-refractivity contribution in [1.29, 1.82) is 0 Å². The van der Waals surface area contributed by atoms with E-state index in [0.717, 1.165) is 5.56 Å². The van der Waals surface area contributed by atoms with Crippen molar-refractivity contribution >= 4 is 5.91 Å². The van der Waals surface area contributed by atoms with E-state index in [2.05, 4.69) is 5.32 Å². The summed E-state index contributed by atoms with van der Waals surface area (Å²) in [5.41, 5.74) is 2.64. The molecular weight excluding hydrogens is 252 g/mol. The summed E-state index contributed by atoms with van der Waals surface area (Å²) in [5.74, 6) is -0.173. The third kappa shape index (κ3) is 3.35. The molecule has 0 radical (unpaired) electrons. The van der Waals surface area contributed by atoms with Gasteiger partial charge in [0.25, 0.3) is 11.5 Å². The third-order valence-electron chi connectivity index (χ3n) is 3.16. The van der Waals surface area contributed by atoms with Crippen LogP contribution >= 0.6 is 0 Å². The van der Waals surface area contributed by atoms with Crippen molar-refractivity contribution in [3.63, 3.8) is 0 Å². The Hall–Kier alpha value is -2.36. The van der Waals surface area contributed by atoms with Crippen LogP contribution in [0.3, 0.4) is 0 Å². The van der Waals surface area contributed by atoms with Crippen molar-refractivity contribution in [2.45, 2.75) is 26.9 Å². The summed E-state index contributed by atoms with van der Waals surface area (Å²) < 4.78 is 1.51. The summed E-state index contributed by atoms with van der Waals surface area (Å²) in [5, 5.41) is 2.85. The second kappa shape index (κ2) is 6.19. The normalized spacial score (nSPS) is 10.3. The highest BCUT2D eigenvalue weighted by Crippen LogP contribution is 2.03. The van der Waals surface area contributed by atoms with Crippen LogP contribution in [-0.4, -0.2) is 10.5 Å². The van der Waals surface area contributed by atoms with Crippen LogP contribution in [0.15, 0.2) is 47.4 Å². The van der Waals surface area contributed by atoms with Crippen LogP contribution in [0.5, 0.6) is 0 Å². The van der Waals surface area contributed by atoms with E-state index in [4.69, 9.17) is 0 Å². The molecule has 1 amide bonds. The molecule has 4 nitrogen and oxygen atoms in total. The Balaban J connectivity index is 2.05. The van der Waals surface area contributed by atoms with Gasteiger partial charge in [0.1, 0.15) is 0 Å². The molecule has 0 saturated heterocycles. The van der Waals surface area contributed by atoms with Crippen LogP contribution in [0.2, 0.25) is 0 Å². The van der Waals surface area contributed by atoms with Crippen LogP contribution in [0.4, 0.5) is 0 Å². The van der Waals surface area contributed by atoms with Gasteiger partial charge < -0.3 is 9.88 Å². The number of rotatable bonds is 4. The Kier molecular flexibility index (Phi) is 4.35. The quantitative estimate of drug-likeness (QED) is 0.925. The predicted molar refractivity (Wildman–Crippen MR) is 78.7 cm³/mol. The van der Waals surface area contributed by atoms with Gasteiger partial charge in [-0.25, -0.2) is 0 Å². The number of amides is 1. The van der Waals surface area contributed by atoms with E-state index in [0.29, 0.717) is 18.7 Å². The molecule has 1 aromatic carbocycles.